The molecule has 1 atom stereocenters. The van der Waals surface area contributed by atoms with Crippen LogP contribution in [0.4, 0.5) is 10.5 Å². The molecule has 0 radical (unpaired) electrons. The number of carbonyl (C=O) groups is 2. The third kappa shape index (κ3) is 5.40. The van der Waals surface area contributed by atoms with Crippen LogP contribution in [0.15, 0.2) is 89.8 Å². The number of carboxylic acids is 1. The van der Waals surface area contributed by atoms with Crippen LogP contribution in [0.2, 0.25) is 10.0 Å². The first-order valence-corrected chi connectivity index (χ1v) is 13.1. The first kappa shape index (κ1) is 26.4. The Morgan fingerprint density at radius 1 is 0.865 bits per heavy atom. The van der Waals surface area contributed by atoms with Crippen molar-refractivity contribution in [3.8, 4) is 0 Å². The van der Waals surface area contributed by atoms with Crippen LogP contribution in [0.3, 0.4) is 0 Å². The highest BCUT2D eigenvalue weighted by molar-refractivity contribution is 7.93. The molecule has 0 saturated heterocycles. The summed E-state index contributed by atoms with van der Waals surface area (Å²) in [5.74, 6) is -1.78. The number of hydrogen-bond acceptors (Lipinski definition) is 5. The molecule has 0 aromatic heterocycles. The summed E-state index contributed by atoms with van der Waals surface area (Å²) in [6.45, 7) is 0.323. The lowest BCUT2D eigenvalue weighted by atomic mass is 10.0. The molecule has 0 aliphatic rings. The van der Waals surface area contributed by atoms with Gasteiger partial charge in [0, 0.05) is 22.3 Å². The molecule has 0 aliphatic heterocycles. The van der Waals surface area contributed by atoms with Crippen LogP contribution in [0.1, 0.15) is 11.1 Å². The Labute approximate surface area is 222 Å². The van der Waals surface area contributed by atoms with Crippen LogP contribution in [0, 0.1) is 0 Å². The lowest BCUT2D eigenvalue weighted by molar-refractivity contribution is -0.140. The van der Waals surface area contributed by atoms with Crippen LogP contribution >= 0.6 is 23.2 Å². The number of carboxylic acid groups (broad SMARTS) is 1. The number of rotatable bonds is 7. The Morgan fingerprint density at radius 3 is 2.16 bits per heavy atom. The number of amides is 2. The number of aliphatic carboxylic acids is 1. The maximum absolute atomic E-state index is 13.4. The van der Waals surface area contributed by atoms with Gasteiger partial charge < -0.3 is 15.7 Å². The summed E-state index contributed by atoms with van der Waals surface area (Å²) in [5.41, 5.74) is 7.28. The Hall–Kier alpha value is -3.63. The quantitative estimate of drug-likeness (QED) is 0.248. The summed E-state index contributed by atoms with van der Waals surface area (Å²) in [6.07, 6.45) is 0. The monoisotopic (exact) mass is 557 g/mol. The summed E-state index contributed by atoms with van der Waals surface area (Å²) in [7, 11) is -4.70. The first-order chi connectivity index (χ1) is 17.5. The van der Waals surface area contributed by atoms with Crippen molar-refractivity contribution < 1.29 is 23.1 Å². The highest BCUT2D eigenvalue weighted by atomic mass is 35.5. The molecule has 0 saturated carbocycles. The molecule has 2 amide bonds. The minimum Gasteiger partial charge on any atom is -0.479 e. The van der Waals surface area contributed by atoms with E-state index in [1.807, 2.05) is 30.3 Å². The van der Waals surface area contributed by atoms with E-state index in [-0.39, 0.29) is 15.6 Å². The molecular weight excluding hydrogens is 537 g/mol. The molecule has 0 aliphatic carbocycles. The second-order valence-electron chi connectivity index (χ2n) is 8.22. The van der Waals surface area contributed by atoms with Crippen LogP contribution in [0.25, 0.3) is 10.8 Å². The standard InChI is InChI=1S/C26H21Cl2N3O5S/c27-20-12-21(28)14-23(13-20)37(35,36)26(29,24(32)33)19-8-6-17-7-9-22(11-18(17)10-19)31-25(34)30-15-16-4-2-1-3-5-16/h1-14H,15,29H2,(H,32,33)(H2,30,31,34). The summed E-state index contributed by atoms with van der Waals surface area (Å²) >= 11 is 11.9. The number of benzene rings is 4. The molecule has 4 aromatic rings. The van der Waals surface area contributed by atoms with E-state index in [1.54, 1.807) is 24.3 Å². The molecule has 0 spiro atoms. The molecule has 8 nitrogen and oxygen atoms in total. The predicted octanol–water partition coefficient (Wildman–Crippen LogP) is 5.14. The van der Waals surface area contributed by atoms with Crippen LogP contribution in [-0.2, 0) is 26.0 Å². The molecule has 5 N–H and O–H groups in total. The third-order valence-corrected chi connectivity index (χ3v) is 8.26. The van der Waals surface area contributed by atoms with Gasteiger partial charge in [-0.3, -0.25) is 5.73 Å². The minimum absolute atomic E-state index is 0.0126. The van der Waals surface area contributed by atoms with Crippen molar-refractivity contribution in [2.45, 2.75) is 16.3 Å². The Balaban J connectivity index is 1.66. The molecule has 4 rings (SSSR count). The zero-order valence-electron chi connectivity index (χ0n) is 19.1. The van der Waals surface area contributed by atoms with E-state index in [1.165, 1.54) is 18.2 Å². The van der Waals surface area contributed by atoms with Gasteiger partial charge in [-0.15, -0.1) is 0 Å². The molecule has 4 aromatic carbocycles. The topological polar surface area (TPSA) is 139 Å². The number of carbonyl (C=O) groups excluding carboxylic acids is 1. The molecule has 0 bridgehead atoms. The summed E-state index contributed by atoms with van der Waals surface area (Å²) in [6, 6.07) is 21.6. The number of urea groups is 1. The zero-order chi connectivity index (χ0) is 26.8. The first-order valence-electron chi connectivity index (χ1n) is 10.9. The van der Waals surface area contributed by atoms with Gasteiger partial charge >= 0.3 is 12.0 Å². The van der Waals surface area contributed by atoms with Gasteiger partial charge in [0.2, 0.25) is 14.7 Å². The largest absolute Gasteiger partial charge is 0.479 e. The van der Waals surface area contributed by atoms with Gasteiger partial charge in [-0.2, -0.15) is 0 Å². The summed E-state index contributed by atoms with van der Waals surface area (Å²) < 4.78 is 26.9. The number of nitrogens with two attached hydrogens (primary N) is 1. The van der Waals surface area contributed by atoms with Gasteiger partial charge in [0.1, 0.15) is 0 Å². The van der Waals surface area contributed by atoms with E-state index < -0.39 is 31.6 Å². The van der Waals surface area contributed by atoms with Gasteiger partial charge in [-0.05, 0) is 58.3 Å². The molecule has 190 valence electrons. The average molecular weight is 558 g/mol. The molecule has 0 fully saturated rings. The fourth-order valence-electron chi connectivity index (χ4n) is 3.77. The van der Waals surface area contributed by atoms with Crippen LogP contribution in [0.5, 0.6) is 0 Å². The van der Waals surface area contributed by atoms with E-state index in [4.69, 9.17) is 28.9 Å². The highest BCUT2D eigenvalue weighted by Gasteiger charge is 2.50. The Morgan fingerprint density at radius 2 is 1.51 bits per heavy atom. The Bertz CT molecular complexity index is 1590. The van der Waals surface area contributed by atoms with Gasteiger partial charge in [0.15, 0.2) is 0 Å². The Kier molecular flexibility index (Phi) is 7.42. The number of halogens is 2. The number of fused-ring (bicyclic) bond motifs is 1. The van der Waals surface area contributed by atoms with Crippen molar-refractivity contribution in [2.75, 3.05) is 5.32 Å². The summed E-state index contributed by atoms with van der Waals surface area (Å²) in [4.78, 5) is 21.4. The number of hydrogen-bond donors (Lipinski definition) is 4. The van der Waals surface area contributed by atoms with E-state index >= 15 is 0 Å². The minimum atomic E-state index is -4.70. The fourth-order valence-corrected chi connectivity index (χ4v) is 6.03. The van der Waals surface area contributed by atoms with E-state index in [0.29, 0.717) is 23.0 Å². The van der Waals surface area contributed by atoms with Gasteiger partial charge in [0.25, 0.3) is 0 Å². The fraction of sp³-hybridized carbons (Fsp3) is 0.0769. The van der Waals surface area contributed by atoms with E-state index in [2.05, 4.69) is 10.6 Å². The van der Waals surface area contributed by atoms with Crippen molar-refractivity contribution in [3.05, 3.63) is 106 Å². The third-order valence-electron chi connectivity index (χ3n) is 5.71. The average Bonchev–Trinajstić information content (AvgIpc) is 2.86. The maximum atomic E-state index is 13.4. The van der Waals surface area contributed by atoms with Gasteiger partial charge in [-0.1, -0.05) is 71.7 Å². The highest BCUT2D eigenvalue weighted by Crippen LogP contribution is 2.35. The second kappa shape index (κ2) is 10.4. The zero-order valence-corrected chi connectivity index (χ0v) is 21.4. The smallest absolute Gasteiger partial charge is 0.344 e. The second-order valence-corrected chi connectivity index (χ2v) is 11.2. The molecule has 1 unspecified atom stereocenters. The van der Waals surface area contributed by atoms with Crippen molar-refractivity contribution in [1.29, 1.82) is 0 Å². The number of sulfone groups is 1. The SMILES string of the molecule is NC(C(=O)O)(c1ccc2ccc(NC(=O)NCc3ccccc3)cc2c1)S(=O)(=O)c1cc(Cl)cc(Cl)c1. The summed E-state index contributed by atoms with van der Waals surface area (Å²) in [5, 5.41) is 16.6. The van der Waals surface area contributed by atoms with E-state index in [9.17, 15) is 23.1 Å². The van der Waals surface area contributed by atoms with Crippen molar-refractivity contribution >= 4 is 61.5 Å². The predicted molar refractivity (Wildman–Crippen MR) is 143 cm³/mol. The number of anilines is 1. The molecule has 37 heavy (non-hydrogen) atoms. The van der Waals surface area contributed by atoms with E-state index in [0.717, 1.165) is 17.7 Å². The lowest BCUT2D eigenvalue weighted by Gasteiger charge is -2.26. The molecular formula is C26H21Cl2N3O5S. The van der Waals surface area contributed by atoms with Crippen molar-refractivity contribution in [3.63, 3.8) is 0 Å². The lowest BCUT2D eigenvalue weighted by Crippen LogP contribution is -2.51. The maximum Gasteiger partial charge on any atom is 0.344 e. The molecule has 0 heterocycles. The van der Waals surface area contributed by atoms with Gasteiger partial charge in [0.05, 0.1) is 4.90 Å². The van der Waals surface area contributed by atoms with Crippen LogP contribution in [-0.4, -0.2) is 25.5 Å². The van der Waals surface area contributed by atoms with Gasteiger partial charge in [-0.25, -0.2) is 18.0 Å². The van der Waals surface area contributed by atoms with Crippen molar-refractivity contribution in [1.82, 2.24) is 5.32 Å². The number of nitrogens with one attached hydrogen (secondary N) is 2. The van der Waals surface area contributed by atoms with Crippen molar-refractivity contribution in [2.24, 2.45) is 5.73 Å². The van der Waals surface area contributed by atoms with Crippen LogP contribution < -0.4 is 16.4 Å². The molecule has 11 heteroatoms. The normalized spacial score (nSPS) is 13.1.